The van der Waals surface area contributed by atoms with Gasteiger partial charge in [0.2, 0.25) is 5.91 Å². The molecule has 0 aliphatic carbocycles. The van der Waals surface area contributed by atoms with E-state index in [9.17, 15) is 4.79 Å². The van der Waals surface area contributed by atoms with Crippen LogP contribution >= 0.6 is 11.3 Å². The normalized spacial score (nSPS) is 10.6. The van der Waals surface area contributed by atoms with Crippen LogP contribution in [0.5, 0.6) is 5.75 Å². The van der Waals surface area contributed by atoms with Gasteiger partial charge >= 0.3 is 0 Å². The summed E-state index contributed by atoms with van der Waals surface area (Å²) in [7, 11) is 1.61. The quantitative estimate of drug-likeness (QED) is 0.778. The number of carbonyl (C=O) groups excluding carboxylic acids is 1. The molecule has 1 heterocycles. The Morgan fingerprint density at radius 3 is 2.91 bits per heavy atom. The van der Waals surface area contributed by atoms with Gasteiger partial charge in [0.25, 0.3) is 0 Å². The van der Waals surface area contributed by atoms with Crippen LogP contribution in [-0.4, -0.2) is 18.0 Å². The second kappa shape index (κ2) is 6.58. The van der Waals surface area contributed by atoms with E-state index in [4.69, 9.17) is 4.74 Å². The molecule has 3 rings (SSSR count). The molecule has 22 heavy (non-hydrogen) atoms. The summed E-state index contributed by atoms with van der Waals surface area (Å²) < 4.78 is 6.30. The van der Waals surface area contributed by atoms with Crippen molar-refractivity contribution in [1.82, 2.24) is 4.98 Å². The number of amides is 1. The third-order valence-electron chi connectivity index (χ3n) is 3.26. The molecule has 1 N–H and O–H groups in total. The molecule has 0 spiro atoms. The van der Waals surface area contributed by atoms with E-state index in [0.717, 1.165) is 26.7 Å². The highest BCUT2D eigenvalue weighted by atomic mass is 32.1. The number of fused-ring (bicyclic) bond motifs is 1. The summed E-state index contributed by atoms with van der Waals surface area (Å²) in [6.07, 6.45) is 1.06. The zero-order chi connectivity index (χ0) is 15.4. The van der Waals surface area contributed by atoms with Crippen LogP contribution in [0.1, 0.15) is 11.4 Å². The summed E-state index contributed by atoms with van der Waals surface area (Å²) in [4.78, 5) is 16.6. The molecular formula is C17H16N2O2S. The van der Waals surface area contributed by atoms with Crippen molar-refractivity contribution < 1.29 is 9.53 Å². The second-order valence-corrected chi connectivity index (χ2v) is 5.97. The van der Waals surface area contributed by atoms with Crippen LogP contribution in [0.4, 0.5) is 5.69 Å². The molecular weight excluding hydrogens is 296 g/mol. The van der Waals surface area contributed by atoms with Crippen LogP contribution in [0.15, 0.2) is 48.5 Å². The fourth-order valence-electron chi connectivity index (χ4n) is 2.17. The molecule has 1 amide bonds. The van der Waals surface area contributed by atoms with Crippen LogP contribution in [-0.2, 0) is 11.2 Å². The number of anilines is 1. The molecule has 112 valence electrons. The summed E-state index contributed by atoms with van der Waals surface area (Å²) in [5.41, 5.74) is 1.74. The number of ether oxygens (including phenoxy) is 1. The van der Waals surface area contributed by atoms with E-state index in [1.54, 1.807) is 24.5 Å². The molecule has 0 bridgehead atoms. The Morgan fingerprint density at radius 2 is 2.09 bits per heavy atom. The first-order valence-corrected chi connectivity index (χ1v) is 7.84. The third-order valence-corrected chi connectivity index (χ3v) is 4.35. The average molecular weight is 312 g/mol. The minimum absolute atomic E-state index is 0.0208. The number of carbonyl (C=O) groups is 1. The van der Waals surface area contributed by atoms with E-state index in [-0.39, 0.29) is 5.91 Å². The number of methoxy groups -OCH3 is 1. The first-order valence-electron chi connectivity index (χ1n) is 7.03. The maximum Gasteiger partial charge on any atom is 0.224 e. The Kier molecular flexibility index (Phi) is 4.34. The number of aromatic nitrogens is 1. The summed E-state index contributed by atoms with van der Waals surface area (Å²) in [5.74, 6) is 0.705. The van der Waals surface area contributed by atoms with Gasteiger partial charge in [-0.3, -0.25) is 4.79 Å². The third kappa shape index (κ3) is 3.43. The van der Waals surface area contributed by atoms with Gasteiger partial charge in [-0.1, -0.05) is 18.2 Å². The van der Waals surface area contributed by atoms with Crippen molar-refractivity contribution in [3.63, 3.8) is 0 Å². The highest BCUT2D eigenvalue weighted by Crippen LogP contribution is 2.22. The molecule has 0 atom stereocenters. The summed E-state index contributed by atoms with van der Waals surface area (Å²) in [6, 6.07) is 15.4. The number of thiazole rings is 1. The molecule has 0 saturated carbocycles. The first kappa shape index (κ1) is 14.5. The molecule has 4 nitrogen and oxygen atoms in total. The highest BCUT2D eigenvalue weighted by molar-refractivity contribution is 7.18. The monoisotopic (exact) mass is 312 g/mol. The Balaban J connectivity index is 1.59. The fraction of sp³-hybridized carbons (Fsp3) is 0.176. The maximum atomic E-state index is 12.0. The van der Waals surface area contributed by atoms with E-state index >= 15 is 0 Å². The van der Waals surface area contributed by atoms with Crippen molar-refractivity contribution in [2.24, 2.45) is 0 Å². The largest absolute Gasteiger partial charge is 0.497 e. The average Bonchev–Trinajstić information content (AvgIpc) is 2.96. The van der Waals surface area contributed by atoms with Crippen LogP contribution < -0.4 is 10.1 Å². The number of rotatable bonds is 5. The first-order chi connectivity index (χ1) is 10.7. The Bertz CT molecular complexity index is 765. The molecule has 2 aromatic carbocycles. The van der Waals surface area contributed by atoms with Crippen molar-refractivity contribution >= 4 is 33.1 Å². The standard InChI is InChI=1S/C17H16N2O2S/c1-21-13-6-4-5-12(11-13)18-16(20)9-10-17-19-14-7-2-3-8-15(14)22-17/h2-8,11H,9-10H2,1H3,(H,18,20). The molecule has 1 aromatic heterocycles. The smallest absolute Gasteiger partial charge is 0.224 e. The van der Waals surface area contributed by atoms with Crippen molar-refractivity contribution in [2.75, 3.05) is 12.4 Å². The molecule has 5 heteroatoms. The van der Waals surface area contributed by atoms with E-state index in [2.05, 4.69) is 10.3 Å². The topological polar surface area (TPSA) is 51.2 Å². The van der Waals surface area contributed by atoms with Crippen LogP contribution in [0.25, 0.3) is 10.2 Å². The molecule has 0 unspecified atom stereocenters. The highest BCUT2D eigenvalue weighted by Gasteiger charge is 2.07. The van der Waals surface area contributed by atoms with Gasteiger partial charge in [0, 0.05) is 24.6 Å². The lowest BCUT2D eigenvalue weighted by molar-refractivity contribution is -0.116. The fourth-order valence-corrected chi connectivity index (χ4v) is 3.14. The Labute approximate surface area is 132 Å². The van der Waals surface area contributed by atoms with E-state index < -0.39 is 0 Å². The number of aryl methyl sites for hydroxylation is 1. The lowest BCUT2D eigenvalue weighted by Crippen LogP contribution is -2.12. The zero-order valence-corrected chi connectivity index (χ0v) is 13.0. The number of benzene rings is 2. The van der Waals surface area contributed by atoms with Gasteiger partial charge in [0.1, 0.15) is 5.75 Å². The SMILES string of the molecule is COc1cccc(NC(=O)CCc2nc3ccccc3s2)c1. The number of para-hydroxylation sites is 1. The van der Waals surface area contributed by atoms with Crippen molar-refractivity contribution in [2.45, 2.75) is 12.8 Å². The molecule has 0 radical (unpaired) electrons. The molecule has 3 aromatic rings. The molecule has 0 fully saturated rings. The zero-order valence-electron chi connectivity index (χ0n) is 12.2. The second-order valence-electron chi connectivity index (χ2n) is 4.86. The van der Waals surface area contributed by atoms with Crippen LogP contribution in [0, 0.1) is 0 Å². The van der Waals surface area contributed by atoms with Gasteiger partial charge in [-0.15, -0.1) is 11.3 Å². The number of hydrogen-bond donors (Lipinski definition) is 1. The predicted molar refractivity (Wildman–Crippen MR) is 89.6 cm³/mol. The Hall–Kier alpha value is -2.40. The summed E-state index contributed by atoms with van der Waals surface area (Å²) in [6.45, 7) is 0. The lowest BCUT2D eigenvalue weighted by atomic mass is 10.2. The summed E-state index contributed by atoms with van der Waals surface area (Å²) >= 11 is 1.64. The van der Waals surface area contributed by atoms with Gasteiger partial charge in [-0.25, -0.2) is 4.98 Å². The number of nitrogens with zero attached hydrogens (tertiary/aromatic N) is 1. The lowest BCUT2D eigenvalue weighted by Gasteiger charge is -2.06. The van der Waals surface area contributed by atoms with Crippen molar-refractivity contribution in [3.8, 4) is 5.75 Å². The summed E-state index contributed by atoms with van der Waals surface area (Å²) in [5, 5.41) is 3.87. The molecule has 0 aliphatic rings. The minimum Gasteiger partial charge on any atom is -0.497 e. The Morgan fingerprint density at radius 1 is 1.23 bits per heavy atom. The van der Waals surface area contributed by atoms with Gasteiger partial charge in [-0.2, -0.15) is 0 Å². The molecule has 0 saturated heterocycles. The van der Waals surface area contributed by atoms with Gasteiger partial charge in [0.15, 0.2) is 0 Å². The van der Waals surface area contributed by atoms with Gasteiger partial charge in [0.05, 0.1) is 22.3 Å². The van der Waals surface area contributed by atoms with E-state index in [1.165, 1.54) is 0 Å². The predicted octanol–water partition coefficient (Wildman–Crippen LogP) is 3.88. The van der Waals surface area contributed by atoms with Gasteiger partial charge in [-0.05, 0) is 24.3 Å². The van der Waals surface area contributed by atoms with Crippen LogP contribution in [0.2, 0.25) is 0 Å². The van der Waals surface area contributed by atoms with Crippen molar-refractivity contribution in [1.29, 1.82) is 0 Å². The minimum atomic E-state index is -0.0208. The van der Waals surface area contributed by atoms with Gasteiger partial charge < -0.3 is 10.1 Å². The van der Waals surface area contributed by atoms with Crippen LogP contribution in [0.3, 0.4) is 0 Å². The maximum absolute atomic E-state index is 12.0. The van der Waals surface area contributed by atoms with E-state index in [0.29, 0.717) is 12.8 Å². The number of hydrogen-bond acceptors (Lipinski definition) is 4. The molecule has 0 aliphatic heterocycles. The van der Waals surface area contributed by atoms with Crippen molar-refractivity contribution in [3.05, 3.63) is 53.5 Å². The van der Waals surface area contributed by atoms with E-state index in [1.807, 2.05) is 42.5 Å². The number of nitrogens with one attached hydrogen (secondary N) is 1.